The third kappa shape index (κ3) is 4.48. The number of benzene rings is 1. The second-order valence-electron chi connectivity index (χ2n) is 3.86. The highest BCUT2D eigenvalue weighted by Crippen LogP contribution is 2.16. The van der Waals surface area contributed by atoms with Gasteiger partial charge in [0, 0.05) is 0 Å². The van der Waals surface area contributed by atoms with Gasteiger partial charge in [0.25, 0.3) is 0 Å². The fourth-order valence-corrected chi connectivity index (χ4v) is 1.44. The van der Waals surface area contributed by atoms with E-state index < -0.39 is 6.10 Å². The average molecular weight is 233 g/mol. The van der Waals surface area contributed by atoms with Crippen LogP contribution in [0.4, 0.5) is 0 Å². The van der Waals surface area contributed by atoms with Crippen LogP contribution in [0.15, 0.2) is 24.3 Å². The molecule has 0 saturated heterocycles. The molecule has 0 aromatic heterocycles. The molecule has 0 radical (unpaired) electrons. The Morgan fingerprint density at radius 1 is 1.29 bits per heavy atom. The summed E-state index contributed by atoms with van der Waals surface area (Å²) in [6.45, 7) is 2.06. The van der Waals surface area contributed by atoms with Crippen molar-refractivity contribution < 1.29 is 9.84 Å². The Bertz CT molecular complexity index is 389. The maximum absolute atomic E-state index is 9.83. The summed E-state index contributed by atoms with van der Waals surface area (Å²) in [5.41, 5.74) is 6.50. The lowest BCUT2D eigenvalue weighted by Gasteiger charge is -2.06. The first-order valence-electron chi connectivity index (χ1n) is 5.76. The number of nitrogens with two attached hydrogens (primary N) is 1. The van der Waals surface area contributed by atoms with Gasteiger partial charge in [0.1, 0.15) is 11.9 Å². The van der Waals surface area contributed by atoms with E-state index in [0.29, 0.717) is 0 Å². The third-order valence-corrected chi connectivity index (χ3v) is 2.44. The van der Waals surface area contributed by atoms with Crippen LogP contribution in [0.1, 0.15) is 31.4 Å². The van der Waals surface area contributed by atoms with Crippen molar-refractivity contribution in [2.24, 2.45) is 5.73 Å². The smallest absolute Gasteiger partial charge is 0.140 e. The fraction of sp³-hybridized carbons (Fsp3) is 0.429. The molecule has 1 aromatic rings. The van der Waals surface area contributed by atoms with Crippen molar-refractivity contribution in [2.45, 2.75) is 31.9 Å². The molecule has 0 spiro atoms. The molecule has 3 heteroatoms. The van der Waals surface area contributed by atoms with Gasteiger partial charge in [-0.25, -0.2) is 0 Å². The van der Waals surface area contributed by atoms with Crippen molar-refractivity contribution in [3.05, 3.63) is 29.8 Å². The van der Waals surface area contributed by atoms with Crippen molar-refractivity contribution in [3.63, 3.8) is 0 Å². The Morgan fingerprint density at radius 2 is 1.94 bits per heavy atom. The molecule has 3 nitrogen and oxygen atoms in total. The van der Waals surface area contributed by atoms with Crippen LogP contribution in [0.5, 0.6) is 5.75 Å². The summed E-state index contributed by atoms with van der Waals surface area (Å²) < 4.78 is 5.04. The van der Waals surface area contributed by atoms with Crippen LogP contribution in [0.3, 0.4) is 0 Å². The molecule has 0 saturated carbocycles. The highest BCUT2D eigenvalue weighted by molar-refractivity contribution is 5.32. The molecule has 0 amide bonds. The Morgan fingerprint density at radius 3 is 2.47 bits per heavy atom. The predicted octanol–water partition coefficient (Wildman–Crippen LogP) is 1.86. The molecule has 1 rings (SSSR count). The van der Waals surface area contributed by atoms with Crippen molar-refractivity contribution in [1.29, 1.82) is 0 Å². The molecule has 0 aliphatic rings. The van der Waals surface area contributed by atoms with Gasteiger partial charge in [0.2, 0.25) is 0 Å². The normalized spacial score (nSPS) is 13.4. The largest absolute Gasteiger partial charge is 0.497 e. The molecule has 0 heterocycles. The van der Waals surface area contributed by atoms with Crippen molar-refractivity contribution in [3.8, 4) is 17.6 Å². The highest BCUT2D eigenvalue weighted by Gasteiger charge is 2.03. The summed E-state index contributed by atoms with van der Waals surface area (Å²) >= 11 is 0. The van der Waals surface area contributed by atoms with E-state index in [0.717, 1.165) is 24.2 Å². The number of ether oxygens (including phenoxy) is 1. The van der Waals surface area contributed by atoms with Gasteiger partial charge in [0.15, 0.2) is 0 Å². The molecule has 0 bridgehead atoms. The van der Waals surface area contributed by atoms with E-state index in [1.54, 1.807) is 31.4 Å². The lowest BCUT2D eigenvalue weighted by atomic mass is 10.1. The minimum Gasteiger partial charge on any atom is -0.497 e. The second-order valence-corrected chi connectivity index (χ2v) is 3.86. The Balaban J connectivity index is 2.65. The van der Waals surface area contributed by atoms with Gasteiger partial charge in [-0.15, -0.1) is 0 Å². The highest BCUT2D eigenvalue weighted by atomic mass is 16.5. The molecule has 3 N–H and O–H groups in total. The summed E-state index contributed by atoms with van der Waals surface area (Å²) in [5.74, 6) is 6.38. The molecule has 0 fully saturated rings. The molecule has 92 valence electrons. The SMILES string of the molecule is CCCC(N)C#CC(O)c1ccc(OC)cc1. The molecule has 17 heavy (non-hydrogen) atoms. The number of hydrogen-bond acceptors (Lipinski definition) is 3. The zero-order chi connectivity index (χ0) is 12.7. The average Bonchev–Trinajstić information content (AvgIpc) is 2.36. The summed E-state index contributed by atoms with van der Waals surface area (Å²) in [6, 6.07) is 7.03. The summed E-state index contributed by atoms with van der Waals surface area (Å²) in [7, 11) is 1.61. The molecular formula is C14H19NO2. The van der Waals surface area contributed by atoms with Crippen LogP contribution >= 0.6 is 0 Å². The van der Waals surface area contributed by atoms with Gasteiger partial charge < -0.3 is 15.6 Å². The Labute approximate surface area is 103 Å². The Hall–Kier alpha value is -1.50. The number of aliphatic hydroxyl groups is 1. The molecule has 1 aromatic carbocycles. The molecule has 2 unspecified atom stereocenters. The first-order chi connectivity index (χ1) is 8.17. The zero-order valence-corrected chi connectivity index (χ0v) is 10.3. The topological polar surface area (TPSA) is 55.5 Å². The van der Waals surface area contributed by atoms with Gasteiger partial charge in [-0.1, -0.05) is 37.3 Å². The van der Waals surface area contributed by atoms with Gasteiger partial charge in [-0.05, 0) is 24.1 Å². The summed E-state index contributed by atoms with van der Waals surface area (Å²) in [6.07, 6.45) is 1.06. The lowest BCUT2D eigenvalue weighted by molar-refractivity contribution is 0.238. The van der Waals surface area contributed by atoms with E-state index >= 15 is 0 Å². The molecular weight excluding hydrogens is 214 g/mol. The van der Waals surface area contributed by atoms with Gasteiger partial charge in [-0.3, -0.25) is 0 Å². The van der Waals surface area contributed by atoms with Crippen molar-refractivity contribution in [2.75, 3.05) is 7.11 Å². The maximum atomic E-state index is 9.83. The number of aliphatic hydroxyl groups excluding tert-OH is 1. The van der Waals surface area contributed by atoms with Crippen LogP contribution in [0, 0.1) is 11.8 Å². The fourth-order valence-electron chi connectivity index (χ4n) is 1.44. The molecule has 2 atom stereocenters. The lowest BCUT2D eigenvalue weighted by Crippen LogP contribution is -2.16. The van der Waals surface area contributed by atoms with Crippen LogP contribution in [-0.4, -0.2) is 18.3 Å². The first-order valence-corrected chi connectivity index (χ1v) is 5.76. The predicted molar refractivity (Wildman–Crippen MR) is 68.6 cm³/mol. The van der Waals surface area contributed by atoms with Crippen molar-refractivity contribution in [1.82, 2.24) is 0 Å². The van der Waals surface area contributed by atoms with Crippen LogP contribution in [-0.2, 0) is 0 Å². The van der Waals surface area contributed by atoms with E-state index in [2.05, 4.69) is 18.8 Å². The van der Waals surface area contributed by atoms with Crippen LogP contribution in [0.25, 0.3) is 0 Å². The number of rotatable bonds is 4. The van der Waals surface area contributed by atoms with E-state index in [1.807, 2.05) is 0 Å². The van der Waals surface area contributed by atoms with E-state index in [4.69, 9.17) is 10.5 Å². The van der Waals surface area contributed by atoms with E-state index in [1.165, 1.54) is 0 Å². The number of methoxy groups -OCH3 is 1. The van der Waals surface area contributed by atoms with E-state index in [9.17, 15) is 5.11 Å². The molecule has 0 aliphatic heterocycles. The Kier molecular flexibility index (Phi) is 5.55. The molecule has 0 aliphatic carbocycles. The minimum absolute atomic E-state index is 0.159. The van der Waals surface area contributed by atoms with Gasteiger partial charge in [0.05, 0.1) is 13.2 Å². The minimum atomic E-state index is -0.788. The van der Waals surface area contributed by atoms with Gasteiger partial charge in [-0.2, -0.15) is 0 Å². The quantitative estimate of drug-likeness (QED) is 0.780. The maximum Gasteiger partial charge on any atom is 0.140 e. The third-order valence-electron chi connectivity index (χ3n) is 2.44. The second kappa shape index (κ2) is 6.95. The summed E-state index contributed by atoms with van der Waals surface area (Å²) in [4.78, 5) is 0. The zero-order valence-electron chi connectivity index (χ0n) is 10.3. The van der Waals surface area contributed by atoms with Crippen LogP contribution in [0.2, 0.25) is 0 Å². The summed E-state index contributed by atoms with van der Waals surface area (Å²) in [5, 5.41) is 9.83. The standard InChI is InChI=1S/C14H19NO2/c1-3-4-12(15)7-10-14(16)11-5-8-13(17-2)9-6-11/h5-6,8-9,12,14,16H,3-4,15H2,1-2H3. The first kappa shape index (κ1) is 13.6. The number of hydrogen-bond donors (Lipinski definition) is 2. The van der Waals surface area contributed by atoms with Gasteiger partial charge >= 0.3 is 0 Å². The van der Waals surface area contributed by atoms with Crippen molar-refractivity contribution >= 4 is 0 Å². The van der Waals surface area contributed by atoms with E-state index in [-0.39, 0.29) is 6.04 Å². The van der Waals surface area contributed by atoms with Crippen LogP contribution < -0.4 is 10.5 Å². The monoisotopic (exact) mass is 233 g/mol.